The van der Waals surface area contributed by atoms with Crippen LogP contribution in [-0.4, -0.2) is 33.3 Å². The molecule has 2 heterocycles. The minimum Gasteiger partial charge on any atom is -0.376 e. The molecule has 0 N–H and O–H groups in total. The van der Waals surface area contributed by atoms with Gasteiger partial charge in [-0.05, 0) is 45.7 Å². The molecule has 0 radical (unpaired) electrons. The Balaban J connectivity index is 1.76. The highest BCUT2D eigenvalue weighted by Crippen LogP contribution is 2.29. The summed E-state index contributed by atoms with van der Waals surface area (Å²) in [5.74, 6) is 0.125. The molecule has 6 heteroatoms. The average molecular weight is 423 g/mol. The van der Waals surface area contributed by atoms with Crippen LogP contribution in [0.25, 0.3) is 0 Å². The highest BCUT2D eigenvalue weighted by Gasteiger charge is 2.23. The monoisotopic (exact) mass is 422 g/mol. The van der Waals surface area contributed by atoms with Gasteiger partial charge in [0.25, 0.3) is 0 Å². The maximum Gasteiger partial charge on any atom is 0.175 e. The Kier molecular flexibility index (Phi) is 6.02. The van der Waals surface area contributed by atoms with Crippen LogP contribution in [0.2, 0.25) is 0 Å². The number of aromatic nitrogens is 2. The summed E-state index contributed by atoms with van der Waals surface area (Å²) in [6.45, 7) is 7.71. The molecule has 0 aliphatic carbocycles. The van der Waals surface area contributed by atoms with Crippen LogP contribution in [0.5, 0.6) is 0 Å². The molecule has 2 unspecified atom stereocenters. The number of benzene rings is 1. The number of ether oxygens (including phenoxy) is 1. The number of hydrogen-bond acceptors (Lipinski definition) is 4. The fourth-order valence-corrected chi connectivity index (χ4v) is 4.33. The van der Waals surface area contributed by atoms with Crippen molar-refractivity contribution in [2.75, 3.05) is 6.61 Å². The summed E-state index contributed by atoms with van der Waals surface area (Å²) in [5.41, 5.74) is 2.90. The van der Waals surface area contributed by atoms with Crippen molar-refractivity contribution in [1.82, 2.24) is 9.55 Å². The summed E-state index contributed by atoms with van der Waals surface area (Å²) in [6.07, 6.45) is 2.47. The third-order valence-corrected chi connectivity index (χ3v) is 6.23. The molecular weight excluding hydrogens is 400 g/mol. The molecule has 2 atom stereocenters. The SMILES string of the molecule is Cc1nc(SC(C)C(=O)c2ccc(Br)cc2)n(CC2CCCO2)c1C. The number of aryl methyl sites for hydroxylation is 1. The number of thioether (sulfide) groups is 1. The van der Waals surface area contributed by atoms with Crippen LogP contribution >= 0.6 is 27.7 Å². The topological polar surface area (TPSA) is 44.1 Å². The quantitative estimate of drug-likeness (QED) is 0.494. The van der Waals surface area contributed by atoms with Gasteiger partial charge < -0.3 is 9.30 Å². The molecule has 1 saturated heterocycles. The summed E-state index contributed by atoms with van der Waals surface area (Å²) in [7, 11) is 0. The Morgan fingerprint density at radius 3 is 2.76 bits per heavy atom. The molecular formula is C19H23BrN2O2S. The number of carbonyl (C=O) groups excluding carboxylic acids is 1. The summed E-state index contributed by atoms with van der Waals surface area (Å²) in [4.78, 5) is 17.4. The normalized spacial score (nSPS) is 18.5. The van der Waals surface area contributed by atoms with Gasteiger partial charge in [0.2, 0.25) is 0 Å². The molecule has 1 aliphatic heterocycles. The van der Waals surface area contributed by atoms with E-state index >= 15 is 0 Å². The minimum atomic E-state index is -0.189. The second-order valence-electron chi connectivity index (χ2n) is 6.44. The number of carbonyl (C=O) groups is 1. The predicted molar refractivity (Wildman–Crippen MR) is 104 cm³/mol. The van der Waals surface area contributed by atoms with E-state index in [0.29, 0.717) is 0 Å². The zero-order valence-electron chi connectivity index (χ0n) is 14.8. The summed E-state index contributed by atoms with van der Waals surface area (Å²) < 4.78 is 8.96. The first-order valence-corrected chi connectivity index (χ1v) is 10.2. The van der Waals surface area contributed by atoms with Gasteiger partial charge in [0.15, 0.2) is 10.9 Å². The van der Waals surface area contributed by atoms with E-state index in [-0.39, 0.29) is 17.1 Å². The second kappa shape index (κ2) is 8.06. The van der Waals surface area contributed by atoms with Crippen LogP contribution in [-0.2, 0) is 11.3 Å². The van der Waals surface area contributed by atoms with Crippen molar-refractivity contribution in [2.45, 2.75) is 56.7 Å². The number of rotatable bonds is 6. The third kappa shape index (κ3) is 4.36. The molecule has 1 fully saturated rings. The van der Waals surface area contributed by atoms with Gasteiger partial charge in [-0.2, -0.15) is 0 Å². The Hall–Kier alpha value is -1.11. The van der Waals surface area contributed by atoms with Crippen LogP contribution < -0.4 is 0 Å². The van der Waals surface area contributed by atoms with E-state index in [0.717, 1.165) is 52.6 Å². The smallest absolute Gasteiger partial charge is 0.175 e. The number of Topliss-reactive ketones (excluding diaryl/α,β-unsaturated/α-hetero) is 1. The lowest BCUT2D eigenvalue weighted by atomic mass is 10.1. The zero-order valence-corrected chi connectivity index (χ0v) is 17.2. The molecule has 1 aliphatic rings. The van der Waals surface area contributed by atoms with E-state index in [2.05, 4.69) is 27.4 Å². The van der Waals surface area contributed by atoms with Crippen molar-refractivity contribution in [3.63, 3.8) is 0 Å². The summed E-state index contributed by atoms with van der Waals surface area (Å²) >= 11 is 4.94. The Bertz CT molecular complexity index is 752. The van der Waals surface area contributed by atoms with Crippen LogP contribution in [0, 0.1) is 13.8 Å². The van der Waals surface area contributed by atoms with Gasteiger partial charge in [-0.1, -0.05) is 39.8 Å². The highest BCUT2D eigenvalue weighted by molar-refractivity contribution is 9.10. The fraction of sp³-hybridized carbons (Fsp3) is 0.474. The molecule has 0 bridgehead atoms. The zero-order chi connectivity index (χ0) is 18.0. The maximum atomic E-state index is 12.7. The van der Waals surface area contributed by atoms with Gasteiger partial charge in [0, 0.05) is 22.3 Å². The largest absolute Gasteiger partial charge is 0.376 e. The highest BCUT2D eigenvalue weighted by atomic mass is 79.9. The molecule has 4 nitrogen and oxygen atoms in total. The number of nitrogens with zero attached hydrogens (tertiary/aromatic N) is 2. The molecule has 134 valence electrons. The lowest BCUT2D eigenvalue weighted by molar-refractivity contribution is 0.0944. The van der Waals surface area contributed by atoms with E-state index in [1.165, 1.54) is 11.8 Å². The molecule has 2 aromatic rings. The van der Waals surface area contributed by atoms with Crippen molar-refractivity contribution >= 4 is 33.5 Å². The van der Waals surface area contributed by atoms with Crippen molar-refractivity contribution in [3.8, 4) is 0 Å². The fourth-order valence-electron chi connectivity index (χ4n) is 2.98. The van der Waals surface area contributed by atoms with Gasteiger partial charge in [0.05, 0.1) is 23.6 Å². The predicted octanol–water partition coefficient (Wildman–Crippen LogP) is 4.80. The molecule has 25 heavy (non-hydrogen) atoms. The summed E-state index contributed by atoms with van der Waals surface area (Å²) in [6, 6.07) is 7.52. The lowest BCUT2D eigenvalue weighted by Gasteiger charge is -2.16. The maximum absolute atomic E-state index is 12.7. The van der Waals surface area contributed by atoms with Crippen LogP contribution in [0.4, 0.5) is 0 Å². The molecule has 0 amide bonds. The van der Waals surface area contributed by atoms with Crippen molar-refractivity contribution in [2.24, 2.45) is 0 Å². The van der Waals surface area contributed by atoms with E-state index in [1.807, 2.05) is 38.1 Å². The summed E-state index contributed by atoms with van der Waals surface area (Å²) in [5, 5.41) is 0.717. The molecule has 1 aromatic carbocycles. The van der Waals surface area contributed by atoms with Gasteiger partial charge in [-0.15, -0.1) is 0 Å². The first kappa shape index (κ1) is 18.7. The number of hydrogen-bond donors (Lipinski definition) is 0. The number of ketones is 1. The second-order valence-corrected chi connectivity index (χ2v) is 8.67. The standard InChI is InChI=1S/C19H23BrN2O2S/c1-12-13(2)22(11-17-5-4-10-24-17)19(21-12)25-14(3)18(23)15-6-8-16(20)9-7-15/h6-9,14,17H,4-5,10-11H2,1-3H3. The van der Waals surface area contributed by atoms with Crippen molar-refractivity contribution < 1.29 is 9.53 Å². The minimum absolute atomic E-state index is 0.125. The first-order valence-electron chi connectivity index (χ1n) is 8.57. The average Bonchev–Trinajstić information content (AvgIpc) is 3.19. The Morgan fingerprint density at radius 2 is 2.12 bits per heavy atom. The number of imidazole rings is 1. The van der Waals surface area contributed by atoms with E-state index < -0.39 is 0 Å². The Morgan fingerprint density at radius 1 is 1.40 bits per heavy atom. The molecule has 1 aromatic heterocycles. The van der Waals surface area contributed by atoms with Crippen molar-refractivity contribution in [3.05, 3.63) is 45.7 Å². The van der Waals surface area contributed by atoms with Crippen LogP contribution in [0.3, 0.4) is 0 Å². The molecule has 0 spiro atoms. The first-order chi connectivity index (χ1) is 12.0. The van der Waals surface area contributed by atoms with Gasteiger partial charge in [0.1, 0.15) is 0 Å². The van der Waals surface area contributed by atoms with Crippen molar-refractivity contribution in [1.29, 1.82) is 0 Å². The third-order valence-electron chi connectivity index (χ3n) is 4.61. The van der Waals surface area contributed by atoms with E-state index in [4.69, 9.17) is 9.72 Å². The van der Waals surface area contributed by atoms with E-state index in [1.54, 1.807) is 0 Å². The van der Waals surface area contributed by atoms with Crippen LogP contribution in [0.15, 0.2) is 33.9 Å². The Labute approximate surface area is 161 Å². The van der Waals surface area contributed by atoms with Crippen LogP contribution in [0.1, 0.15) is 41.5 Å². The van der Waals surface area contributed by atoms with Gasteiger partial charge in [-0.3, -0.25) is 4.79 Å². The molecule has 0 saturated carbocycles. The molecule has 3 rings (SSSR count). The van der Waals surface area contributed by atoms with E-state index in [9.17, 15) is 4.79 Å². The van der Waals surface area contributed by atoms with Gasteiger partial charge >= 0.3 is 0 Å². The number of halogens is 1. The van der Waals surface area contributed by atoms with Gasteiger partial charge in [-0.25, -0.2) is 4.98 Å². The lowest BCUT2D eigenvalue weighted by Crippen LogP contribution is -2.19.